The van der Waals surface area contributed by atoms with Crippen molar-refractivity contribution in [3.8, 4) is 6.07 Å². The van der Waals surface area contributed by atoms with Crippen LogP contribution < -0.4 is 4.90 Å². The van der Waals surface area contributed by atoms with Crippen LogP contribution in [0.15, 0.2) is 35.2 Å². The molecule has 28 heavy (non-hydrogen) atoms. The minimum Gasteiger partial charge on any atom is -0.370 e. The monoisotopic (exact) mass is 397 g/mol. The predicted molar refractivity (Wildman–Crippen MR) is 112 cm³/mol. The Morgan fingerprint density at radius 3 is 2.07 bits per heavy atom. The molecule has 1 aliphatic rings. The maximum absolute atomic E-state index is 13.5. The van der Waals surface area contributed by atoms with Crippen molar-refractivity contribution < 1.29 is 8.42 Å². The van der Waals surface area contributed by atoms with Crippen molar-refractivity contribution in [3.63, 3.8) is 0 Å². The Kier molecular flexibility index (Phi) is 5.78. The number of hydrogen-bond donors (Lipinski definition) is 0. The third-order valence-electron chi connectivity index (χ3n) is 5.71. The van der Waals surface area contributed by atoms with E-state index in [1.807, 2.05) is 39.8 Å². The summed E-state index contributed by atoms with van der Waals surface area (Å²) >= 11 is 0. The first-order valence-electron chi connectivity index (χ1n) is 9.58. The third-order valence-corrected chi connectivity index (χ3v) is 7.88. The molecule has 0 aliphatic carbocycles. The van der Waals surface area contributed by atoms with Crippen LogP contribution in [0.3, 0.4) is 0 Å². The number of nitriles is 1. The van der Waals surface area contributed by atoms with E-state index in [4.69, 9.17) is 5.26 Å². The molecule has 3 rings (SSSR count). The van der Waals surface area contributed by atoms with E-state index < -0.39 is 10.0 Å². The molecule has 0 amide bonds. The normalized spacial score (nSPS) is 15.9. The van der Waals surface area contributed by atoms with Crippen LogP contribution >= 0.6 is 0 Å². The Hall–Kier alpha value is -2.36. The Morgan fingerprint density at radius 2 is 1.50 bits per heavy atom. The highest BCUT2D eigenvalue weighted by atomic mass is 32.2. The highest BCUT2D eigenvalue weighted by Gasteiger charge is 2.30. The molecule has 0 spiro atoms. The average Bonchev–Trinajstić information content (AvgIpc) is 2.93. The van der Waals surface area contributed by atoms with Crippen LogP contribution in [0.1, 0.15) is 34.2 Å². The minimum absolute atomic E-state index is 0.453. The van der Waals surface area contributed by atoms with Crippen molar-refractivity contribution in [2.45, 2.75) is 39.0 Å². The number of rotatable bonds is 3. The summed E-state index contributed by atoms with van der Waals surface area (Å²) in [7, 11) is -3.54. The van der Waals surface area contributed by atoms with Crippen LogP contribution in [-0.4, -0.2) is 38.9 Å². The van der Waals surface area contributed by atoms with Gasteiger partial charge in [0.1, 0.15) is 0 Å². The number of benzene rings is 2. The molecule has 1 fully saturated rings. The summed E-state index contributed by atoms with van der Waals surface area (Å²) in [5.74, 6) is 0. The molecule has 0 aromatic heterocycles. The van der Waals surface area contributed by atoms with Gasteiger partial charge in [-0.3, -0.25) is 0 Å². The molecule has 1 aliphatic heterocycles. The minimum atomic E-state index is -3.54. The maximum atomic E-state index is 13.5. The van der Waals surface area contributed by atoms with Gasteiger partial charge in [-0.2, -0.15) is 9.57 Å². The van der Waals surface area contributed by atoms with E-state index in [9.17, 15) is 8.42 Å². The van der Waals surface area contributed by atoms with Gasteiger partial charge in [-0.05, 0) is 80.6 Å². The molecule has 0 N–H and O–H groups in total. The SMILES string of the molecule is Cc1cc(C)c(C)c(S(=O)(=O)N2CCCN(c3ccc(C#N)cc3)CC2)c1C. The molecule has 1 heterocycles. The number of anilines is 1. The molecule has 0 radical (unpaired) electrons. The molecule has 0 saturated carbocycles. The zero-order chi connectivity index (χ0) is 20.5. The van der Waals surface area contributed by atoms with Crippen molar-refractivity contribution in [2.24, 2.45) is 0 Å². The average molecular weight is 398 g/mol. The van der Waals surface area contributed by atoms with E-state index in [-0.39, 0.29) is 0 Å². The zero-order valence-corrected chi connectivity index (χ0v) is 17.8. The topological polar surface area (TPSA) is 64.4 Å². The van der Waals surface area contributed by atoms with Gasteiger partial charge in [0.15, 0.2) is 0 Å². The summed E-state index contributed by atoms with van der Waals surface area (Å²) in [6.45, 7) is 10.1. The van der Waals surface area contributed by atoms with Gasteiger partial charge in [-0.15, -0.1) is 0 Å². The number of aryl methyl sites for hydroxylation is 2. The van der Waals surface area contributed by atoms with E-state index in [1.54, 1.807) is 16.4 Å². The summed E-state index contributed by atoms with van der Waals surface area (Å²) in [5, 5.41) is 8.96. The maximum Gasteiger partial charge on any atom is 0.243 e. The lowest BCUT2D eigenvalue weighted by Gasteiger charge is -2.25. The second-order valence-corrected chi connectivity index (χ2v) is 9.37. The van der Waals surface area contributed by atoms with Crippen molar-refractivity contribution in [1.29, 1.82) is 5.26 Å². The summed E-state index contributed by atoms with van der Waals surface area (Å²) in [4.78, 5) is 2.66. The first kappa shape index (κ1) is 20.4. The van der Waals surface area contributed by atoms with Crippen LogP contribution in [-0.2, 0) is 10.0 Å². The Labute approximate surface area is 168 Å². The van der Waals surface area contributed by atoms with Gasteiger partial charge in [0.25, 0.3) is 0 Å². The second-order valence-electron chi connectivity index (χ2n) is 7.49. The molecule has 0 atom stereocenters. The lowest BCUT2D eigenvalue weighted by atomic mass is 10.0. The van der Waals surface area contributed by atoms with Crippen molar-refractivity contribution in [1.82, 2.24) is 4.31 Å². The largest absolute Gasteiger partial charge is 0.370 e. The van der Waals surface area contributed by atoms with E-state index in [2.05, 4.69) is 17.0 Å². The van der Waals surface area contributed by atoms with Crippen LogP contribution in [0.2, 0.25) is 0 Å². The Morgan fingerprint density at radius 1 is 0.893 bits per heavy atom. The van der Waals surface area contributed by atoms with E-state index in [0.29, 0.717) is 30.1 Å². The Balaban J connectivity index is 1.86. The van der Waals surface area contributed by atoms with Gasteiger partial charge in [0, 0.05) is 31.9 Å². The number of sulfonamides is 1. The standard InChI is InChI=1S/C22H27N3O2S/c1-16-14-17(2)19(4)22(18(16)3)28(26,27)25-11-5-10-24(12-13-25)21-8-6-20(15-23)7-9-21/h6-9,14H,5,10-13H2,1-4H3. The molecule has 2 aromatic carbocycles. The molecular formula is C22H27N3O2S. The van der Waals surface area contributed by atoms with E-state index >= 15 is 0 Å². The smallest absolute Gasteiger partial charge is 0.243 e. The van der Waals surface area contributed by atoms with Crippen molar-refractivity contribution >= 4 is 15.7 Å². The van der Waals surface area contributed by atoms with E-state index in [1.165, 1.54) is 0 Å². The van der Waals surface area contributed by atoms with Gasteiger partial charge < -0.3 is 4.90 Å². The third kappa shape index (κ3) is 3.78. The first-order chi connectivity index (χ1) is 13.3. The predicted octanol–water partition coefficient (Wildman–Crippen LogP) is 3.69. The lowest BCUT2D eigenvalue weighted by Crippen LogP contribution is -2.36. The van der Waals surface area contributed by atoms with Crippen LogP contribution in [0, 0.1) is 39.0 Å². The first-order valence-corrected chi connectivity index (χ1v) is 11.0. The van der Waals surface area contributed by atoms with Gasteiger partial charge in [-0.1, -0.05) is 6.07 Å². The highest BCUT2D eigenvalue weighted by Crippen LogP contribution is 2.29. The molecule has 1 saturated heterocycles. The molecule has 2 aromatic rings. The van der Waals surface area contributed by atoms with Gasteiger partial charge in [-0.25, -0.2) is 8.42 Å². The summed E-state index contributed by atoms with van der Waals surface area (Å²) in [6, 6.07) is 11.7. The van der Waals surface area contributed by atoms with Crippen molar-refractivity contribution in [3.05, 3.63) is 58.1 Å². The fraction of sp³-hybridized carbons (Fsp3) is 0.409. The fourth-order valence-electron chi connectivity index (χ4n) is 3.84. The molecular weight excluding hydrogens is 370 g/mol. The van der Waals surface area contributed by atoms with Gasteiger partial charge in [0.05, 0.1) is 16.5 Å². The summed E-state index contributed by atoms with van der Waals surface area (Å²) in [5.41, 5.74) is 5.36. The lowest BCUT2D eigenvalue weighted by molar-refractivity contribution is 0.432. The van der Waals surface area contributed by atoms with E-state index in [0.717, 1.165) is 40.9 Å². The number of hydrogen-bond acceptors (Lipinski definition) is 4. The summed E-state index contributed by atoms with van der Waals surface area (Å²) < 4.78 is 28.6. The molecule has 0 unspecified atom stereocenters. The quantitative estimate of drug-likeness (QED) is 0.792. The molecule has 0 bridgehead atoms. The highest BCUT2D eigenvalue weighted by molar-refractivity contribution is 7.89. The van der Waals surface area contributed by atoms with Crippen LogP contribution in [0.5, 0.6) is 0 Å². The van der Waals surface area contributed by atoms with Crippen LogP contribution in [0.25, 0.3) is 0 Å². The van der Waals surface area contributed by atoms with Crippen molar-refractivity contribution in [2.75, 3.05) is 31.1 Å². The van der Waals surface area contributed by atoms with Gasteiger partial charge in [0.2, 0.25) is 10.0 Å². The molecule has 6 heteroatoms. The number of nitrogens with zero attached hydrogens (tertiary/aromatic N) is 3. The second kappa shape index (κ2) is 7.94. The molecule has 148 valence electrons. The summed E-state index contributed by atoms with van der Waals surface area (Å²) in [6.07, 6.45) is 0.766. The van der Waals surface area contributed by atoms with Crippen LogP contribution in [0.4, 0.5) is 5.69 Å². The zero-order valence-electron chi connectivity index (χ0n) is 17.0. The Bertz CT molecular complexity index is 995. The molecule has 5 nitrogen and oxygen atoms in total. The fourth-order valence-corrected chi connectivity index (χ4v) is 5.88. The van der Waals surface area contributed by atoms with Gasteiger partial charge >= 0.3 is 0 Å².